The van der Waals surface area contributed by atoms with Crippen LogP contribution in [0.15, 0.2) is 69.2 Å². The van der Waals surface area contributed by atoms with Gasteiger partial charge in [-0.25, -0.2) is 0 Å². The van der Waals surface area contributed by atoms with Crippen LogP contribution < -0.4 is 0 Å². The standard InChI is InChI=1S/2C8H9N3S2.Fe/c2*1-13-8(12)11-10-6-7-4-2-3-5-9-7;/h2*2-6H,1H3,(H,11,12);/q;;+2/p-2/b2*10-6-;. The number of aromatic nitrogens is 2. The molecule has 2 rings (SSSR count). The zero-order valence-electron chi connectivity index (χ0n) is 14.4. The van der Waals surface area contributed by atoms with Gasteiger partial charge >= 0.3 is 17.1 Å². The van der Waals surface area contributed by atoms with Crippen molar-refractivity contribution in [2.45, 2.75) is 0 Å². The molecule has 0 saturated heterocycles. The first-order valence-electron chi connectivity index (χ1n) is 7.11. The van der Waals surface area contributed by atoms with Gasteiger partial charge in [0.15, 0.2) is 0 Å². The normalized spacial score (nSPS) is 11.8. The number of thioether (sulfide) groups is 2. The Morgan fingerprint density at radius 3 is 1.52 bits per heavy atom. The van der Waals surface area contributed by atoms with Gasteiger partial charge in [0.1, 0.15) is 0 Å². The van der Waals surface area contributed by atoms with Crippen LogP contribution in [0.25, 0.3) is 0 Å². The third kappa shape index (κ3) is 13.5. The largest absolute Gasteiger partial charge is 2.00 e. The van der Waals surface area contributed by atoms with E-state index in [1.54, 1.807) is 24.8 Å². The van der Waals surface area contributed by atoms with E-state index in [1.807, 2.05) is 48.9 Å². The van der Waals surface area contributed by atoms with Crippen molar-refractivity contribution >= 4 is 70.0 Å². The molecule has 6 nitrogen and oxygen atoms in total. The molecule has 0 saturated carbocycles. The van der Waals surface area contributed by atoms with Crippen molar-refractivity contribution in [3.63, 3.8) is 0 Å². The van der Waals surface area contributed by atoms with E-state index in [1.165, 1.54) is 23.5 Å². The summed E-state index contributed by atoms with van der Waals surface area (Å²) in [5.41, 5.74) is 1.55. The molecule has 0 spiro atoms. The molecule has 11 heteroatoms. The van der Waals surface area contributed by atoms with Crippen LogP contribution in [0.3, 0.4) is 0 Å². The topological polar surface area (TPSA) is 75.2 Å². The van der Waals surface area contributed by atoms with E-state index in [0.29, 0.717) is 8.75 Å². The fraction of sp³-hybridized carbons (Fsp3) is 0.125. The van der Waals surface area contributed by atoms with E-state index in [0.717, 1.165) is 11.4 Å². The Kier molecular flexibility index (Phi) is 15.9. The Morgan fingerprint density at radius 2 is 1.22 bits per heavy atom. The zero-order valence-corrected chi connectivity index (χ0v) is 18.8. The fourth-order valence-corrected chi connectivity index (χ4v) is 1.61. The minimum atomic E-state index is 0. The van der Waals surface area contributed by atoms with Gasteiger partial charge in [0.05, 0.1) is 23.8 Å². The molecule has 2 heterocycles. The monoisotopic (exact) mass is 476 g/mol. The Morgan fingerprint density at radius 1 is 0.815 bits per heavy atom. The minimum absolute atomic E-state index is 0. The van der Waals surface area contributed by atoms with E-state index < -0.39 is 0 Å². The molecule has 0 aliphatic rings. The summed E-state index contributed by atoms with van der Waals surface area (Å²) in [7, 11) is 0. The van der Waals surface area contributed by atoms with Crippen LogP contribution in [0.2, 0.25) is 0 Å². The van der Waals surface area contributed by atoms with Crippen molar-refractivity contribution in [2.75, 3.05) is 12.5 Å². The van der Waals surface area contributed by atoms with Gasteiger partial charge < -0.3 is 25.3 Å². The first-order chi connectivity index (χ1) is 12.7. The molecule has 0 bridgehead atoms. The number of rotatable bonds is 4. The summed E-state index contributed by atoms with van der Waals surface area (Å²) in [5.74, 6) is 0. The molecule has 0 aliphatic carbocycles. The summed E-state index contributed by atoms with van der Waals surface area (Å²) in [5, 5.41) is 15.1. The number of hydrogen-bond acceptors (Lipinski definition) is 10. The van der Waals surface area contributed by atoms with Crippen LogP contribution in [0.1, 0.15) is 11.4 Å². The molecule has 0 amide bonds. The Bertz CT molecular complexity index is 689. The van der Waals surface area contributed by atoms with Gasteiger partial charge in [-0.05, 0) is 45.5 Å². The van der Waals surface area contributed by atoms with Gasteiger partial charge in [-0.3, -0.25) is 9.97 Å². The second-order valence-electron chi connectivity index (χ2n) is 4.14. The van der Waals surface area contributed by atoms with Crippen molar-refractivity contribution in [1.29, 1.82) is 0 Å². The van der Waals surface area contributed by atoms with Crippen LogP contribution in [-0.2, 0) is 42.3 Å². The molecule has 142 valence electrons. The predicted molar refractivity (Wildman–Crippen MR) is 120 cm³/mol. The fourth-order valence-electron chi connectivity index (χ4n) is 1.26. The van der Waals surface area contributed by atoms with Crippen molar-refractivity contribution in [3.05, 3.63) is 60.2 Å². The van der Waals surface area contributed by atoms with Gasteiger partial charge in [0.2, 0.25) is 0 Å². The summed E-state index contributed by atoms with van der Waals surface area (Å²) in [6.07, 6.45) is 10.3. The smallest absolute Gasteiger partial charge is 0.752 e. The van der Waals surface area contributed by atoms with Gasteiger partial charge in [-0.1, -0.05) is 12.1 Å². The maximum Gasteiger partial charge on any atom is 2.00 e. The Hall–Kier alpha value is -1.36. The molecule has 0 aromatic carbocycles. The van der Waals surface area contributed by atoms with Crippen LogP contribution in [0, 0.1) is 0 Å². The number of nitrogens with zero attached hydrogens (tertiary/aromatic N) is 6. The van der Waals surface area contributed by atoms with Gasteiger partial charge in [0, 0.05) is 12.4 Å². The second kappa shape index (κ2) is 16.8. The van der Waals surface area contributed by atoms with Gasteiger partial charge in [-0.2, -0.15) is 20.4 Å². The summed E-state index contributed by atoms with van der Waals surface area (Å²) < 4.78 is 1.04. The maximum absolute atomic E-state index is 4.83. The molecule has 0 fully saturated rings. The van der Waals surface area contributed by atoms with Crippen molar-refractivity contribution in [3.8, 4) is 0 Å². The summed E-state index contributed by atoms with van der Waals surface area (Å²) in [6.45, 7) is 0. The van der Waals surface area contributed by atoms with Crippen LogP contribution in [-0.4, -0.2) is 43.7 Å². The molecule has 2 aromatic rings. The molecule has 2 aromatic heterocycles. The third-order valence-corrected chi connectivity index (χ3v) is 4.41. The molecule has 0 aliphatic heterocycles. The van der Waals surface area contributed by atoms with Gasteiger partial charge in [0.25, 0.3) is 0 Å². The van der Waals surface area contributed by atoms with Gasteiger partial charge in [-0.15, -0.1) is 23.5 Å². The summed E-state index contributed by atoms with van der Waals surface area (Å²) in [4.78, 5) is 8.08. The average molecular weight is 476 g/mol. The number of hydrogen-bond donors (Lipinski definition) is 0. The van der Waals surface area contributed by atoms with E-state index >= 15 is 0 Å². The molecule has 0 atom stereocenters. The van der Waals surface area contributed by atoms with Crippen LogP contribution in [0.5, 0.6) is 0 Å². The molecular weight excluding hydrogens is 460 g/mol. The molecule has 0 N–H and O–H groups in total. The quantitative estimate of drug-likeness (QED) is 0.222. The van der Waals surface area contributed by atoms with E-state index in [9.17, 15) is 0 Å². The Balaban J connectivity index is 0.000000483. The van der Waals surface area contributed by atoms with E-state index in [2.05, 4.69) is 30.4 Å². The Labute approximate surface area is 189 Å². The third-order valence-electron chi connectivity index (χ3n) is 2.38. The van der Waals surface area contributed by atoms with Crippen molar-refractivity contribution < 1.29 is 17.1 Å². The first-order valence-corrected chi connectivity index (χ1v) is 10.4. The summed E-state index contributed by atoms with van der Waals surface area (Å²) >= 11 is 12.4. The minimum Gasteiger partial charge on any atom is -0.752 e. The van der Waals surface area contributed by atoms with Crippen molar-refractivity contribution in [2.24, 2.45) is 20.4 Å². The molecule has 0 unspecified atom stereocenters. The summed E-state index contributed by atoms with van der Waals surface area (Å²) in [6, 6.07) is 11.2. The van der Waals surface area contributed by atoms with Crippen LogP contribution in [0.4, 0.5) is 0 Å². The van der Waals surface area contributed by atoms with E-state index in [4.69, 9.17) is 25.3 Å². The SMILES string of the molecule is CS/C([S-])=N/N=C\c1ccccn1.CS/C([S-])=N/N=C\c1ccccn1.[Fe+2]. The maximum atomic E-state index is 4.83. The molecule has 27 heavy (non-hydrogen) atoms. The molecule has 0 radical (unpaired) electrons. The van der Waals surface area contributed by atoms with Crippen LogP contribution >= 0.6 is 23.5 Å². The zero-order chi connectivity index (χ0) is 19.0. The van der Waals surface area contributed by atoms with Crippen molar-refractivity contribution in [1.82, 2.24) is 9.97 Å². The predicted octanol–water partition coefficient (Wildman–Crippen LogP) is 3.36. The molecular formula is C16H16FeN6S4. The first kappa shape index (κ1) is 25.6. The average Bonchev–Trinajstić information content (AvgIpc) is 2.70. The number of pyridine rings is 2. The second-order valence-corrected chi connectivity index (χ2v) is 7.02. The van der Waals surface area contributed by atoms with E-state index in [-0.39, 0.29) is 17.1 Å².